The van der Waals surface area contributed by atoms with Gasteiger partial charge in [0.15, 0.2) is 0 Å². The van der Waals surface area contributed by atoms with E-state index in [4.69, 9.17) is 22.7 Å². The van der Waals surface area contributed by atoms with E-state index in [0.29, 0.717) is 33.2 Å². The summed E-state index contributed by atoms with van der Waals surface area (Å²) in [5, 5.41) is 13.4. The summed E-state index contributed by atoms with van der Waals surface area (Å²) in [5.41, 5.74) is 7.77. The lowest BCUT2D eigenvalue weighted by Gasteiger charge is -2.14. The number of amides is 2. The molecular formula is C21H18ClN5O2. The molecule has 1 heterocycles. The van der Waals surface area contributed by atoms with Crippen molar-refractivity contribution in [2.24, 2.45) is 5.73 Å². The molecule has 0 saturated heterocycles. The number of nitrogens with zero attached hydrogens (tertiary/aromatic N) is 1. The van der Waals surface area contributed by atoms with Gasteiger partial charge in [0.25, 0.3) is 11.8 Å². The van der Waals surface area contributed by atoms with Crippen LogP contribution in [0.4, 0.5) is 11.5 Å². The summed E-state index contributed by atoms with van der Waals surface area (Å²) in [6, 6.07) is 14.7. The lowest BCUT2D eigenvalue weighted by atomic mass is 10.1. The Kier molecular flexibility index (Phi) is 5.90. The molecule has 0 bridgehead atoms. The van der Waals surface area contributed by atoms with Crippen LogP contribution in [0.2, 0.25) is 5.02 Å². The Hall–Kier alpha value is -3.71. The molecule has 2 amide bonds. The number of nitrogens with two attached hydrogens (primary N) is 1. The van der Waals surface area contributed by atoms with Gasteiger partial charge in [-0.05, 0) is 42.8 Å². The fraction of sp³-hybridized carbons (Fsp3) is 0.0476. The zero-order valence-corrected chi connectivity index (χ0v) is 16.2. The molecule has 2 aromatic carbocycles. The van der Waals surface area contributed by atoms with Crippen LogP contribution in [0.25, 0.3) is 0 Å². The van der Waals surface area contributed by atoms with Crippen molar-refractivity contribution in [1.82, 2.24) is 4.98 Å². The zero-order chi connectivity index (χ0) is 21.0. The minimum Gasteiger partial charge on any atom is -0.384 e. The van der Waals surface area contributed by atoms with Crippen LogP contribution < -0.4 is 16.4 Å². The Balaban J connectivity index is 1.83. The summed E-state index contributed by atoms with van der Waals surface area (Å²) in [5.74, 6) is -0.526. The predicted molar refractivity (Wildman–Crippen MR) is 114 cm³/mol. The Morgan fingerprint density at radius 1 is 0.966 bits per heavy atom. The number of aryl methyl sites for hydroxylation is 1. The molecule has 3 rings (SSSR count). The molecule has 0 radical (unpaired) electrons. The fourth-order valence-corrected chi connectivity index (χ4v) is 2.75. The van der Waals surface area contributed by atoms with Crippen LogP contribution in [0, 0.1) is 12.3 Å². The van der Waals surface area contributed by atoms with Crippen LogP contribution in [0.15, 0.2) is 60.8 Å². The van der Waals surface area contributed by atoms with Gasteiger partial charge in [0.2, 0.25) is 0 Å². The average molecular weight is 408 g/mol. The molecule has 0 atom stereocenters. The van der Waals surface area contributed by atoms with Gasteiger partial charge in [0.1, 0.15) is 11.7 Å². The third kappa shape index (κ3) is 4.77. The van der Waals surface area contributed by atoms with Crippen LogP contribution >= 0.6 is 11.6 Å². The smallest absolute Gasteiger partial charge is 0.258 e. The zero-order valence-electron chi connectivity index (χ0n) is 15.5. The molecular weight excluding hydrogens is 390 g/mol. The molecule has 8 heteroatoms. The van der Waals surface area contributed by atoms with Crippen molar-refractivity contribution in [3.63, 3.8) is 0 Å². The highest BCUT2D eigenvalue weighted by Crippen LogP contribution is 2.23. The number of hydrogen-bond acceptors (Lipinski definition) is 4. The van der Waals surface area contributed by atoms with Crippen LogP contribution in [0.1, 0.15) is 31.8 Å². The lowest BCUT2D eigenvalue weighted by Crippen LogP contribution is -2.19. The minimum absolute atomic E-state index is 0.0781. The van der Waals surface area contributed by atoms with Crippen LogP contribution in [-0.4, -0.2) is 22.6 Å². The number of para-hydroxylation sites is 1. The first kappa shape index (κ1) is 20.0. The molecule has 7 nitrogen and oxygen atoms in total. The highest BCUT2D eigenvalue weighted by Gasteiger charge is 2.17. The topological polar surface area (TPSA) is 121 Å². The van der Waals surface area contributed by atoms with Crippen LogP contribution in [0.5, 0.6) is 0 Å². The van der Waals surface area contributed by atoms with Gasteiger partial charge in [0, 0.05) is 17.3 Å². The van der Waals surface area contributed by atoms with Gasteiger partial charge in [-0.3, -0.25) is 15.0 Å². The lowest BCUT2D eigenvalue weighted by molar-refractivity contribution is 0.102. The second-order valence-electron chi connectivity index (χ2n) is 6.26. The van der Waals surface area contributed by atoms with Crippen molar-refractivity contribution in [2.75, 3.05) is 10.6 Å². The van der Waals surface area contributed by atoms with E-state index in [0.717, 1.165) is 5.56 Å². The van der Waals surface area contributed by atoms with Gasteiger partial charge in [-0.25, -0.2) is 4.98 Å². The molecule has 146 valence electrons. The number of carbonyl (C=O) groups is 2. The maximum absolute atomic E-state index is 12.7. The van der Waals surface area contributed by atoms with E-state index in [2.05, 4.69) is 15.6 Å². The van der Waals surface area contributed by atoms with E-state index in [1.54, 1.807) is 61.5 Å². The summed E-state index contributed by atoms with van der Waals surface area (Å²) >= 11 is 5.81. The van der Waals surface area contributed by atoms with Crippen molar-refractivity contribution in [3.05, 3.63) is 88.1 Å². The number of hydrogen-bond donors (Lipinski definition) is 4. The molecule has 29 heavy (non-hydrogen) atoms. The van der Waals surface area contributed by atoms with Crippen LogP contribution in [0.3, 0.4) is 0 Å². The summed E-state index contributed by atoms with van der Waals surface area (Å²) in [6.07, 6.45) is 1.43. The SMILES string of the molecule is Cc1cccc(C(=O)Nc2ccc(Cl)cn2)c1NC(=O)c1ccc(C(=N)N)cc1. The Morgan fingerprint density at radius 2 is 1.66 bits per heavy atom. The van der Waals surface area contributed by atoms with E-state index in [1.165, 1.54) is 6.20 Å². The molecule has 0 aliphatic heterocycles. The Labute approximate surface area is 172 Å². The molecule has 5 N–H and O–H groups in total. The Bertz CT molecular complexity index is 1080. The maximum atomic E-state index is 12.7. The maximum Gasteiger partial charge on any atom is 0.258 e. The van der Waals surface area contributed by atoms with Crippen LogP contribution in [-0.2, 0) is 0 Å². The van der Waals surface area contributed by atoms with Crippen molar-refractivity contribution in [2.45, 2.75) is 6.92 Å². The van der Waals surface area contributed by atoms with E-state index >= 15 is 0 Å². The van der Waals surface area contributed by atoms with Gasteiger partial charge in [-0.1, -0.05) is 35.9 Å². The number of nitrogens with one attached hydrogen (secondary N) is 3. The number of anilines is 2. The first-order valence-electron chi connectivity index (χ1n) is 8.63. The second-order valence-corrected chi connectivity index (χ2v) is 6.69. The Morgan fingerprint density at radius 3 is 2.28 bits per heavy atom. The summed E-state index contributed by atoms with van der Waals surface area (Å²) in [7, 11) is 0. The third-order valence-electron chi connectivity index (χ3n) is 4.18. The number of rotatable bonds is 5. The summed E-state index contributed by atoms with van der Waals surface area (Å²) in [4.78, 5) is 29.4. The van der Waals surface area contributed by atoms with E-state index in [9.17, 15) is 9.59 Å². The van der Waals surface area contributed by atoms with E-state index in [1.807, 2.05) is 0 Å². The molecule has 0 aliphatic rings. The predicted octanol–water partition coefficient (Wildman–Crippen LogP) is 3.83. The molecule has 1 aromatic heterocycles. The average Bonchev–Trinajstić information content (AvgIpc) is 2.71. The van der Waals surface area contributed by atoms with Gasteiger partial charge in [-0.2, -0.15) is 0 Å². The molecule has 3 aromatic rings. The molecule has 0 spiro atoms. The van der Waals surface area contributed by atoms with Gasteiger partial charge >= 0.3 is 0 Å². The van der Waals surface area contributed by atoms with Crippen molar-refractivity contribution in [1.29, 1.82) is 5.41 Å². The first-order chi connectivity index (χ1) is 13.8. The quantitative estimate of drug-likeness (QED) is 0.379. The van der Waals surface area contributed by atoms with Gasteiger partial charge in [0.05, 0.1) is 16.3 Å². The van der Waals surface area contributed by atoms with Crippen molar-refractivity contribution < 1.29 is 9.59 Å². The normalized spacial score (nSPS) is 10.3. The fourth-order valence-electron chi connectivity index (χ4n) is 2.64. The van der Waals surface area contributed by atoms with Gasteiger partial charge in [-0.15, -0.1) is 0 Å². The number of halogens is 1. The molecule has 0 aliphatic carbocycles. The van der Waals surface area contributed by atoms with Crippen molar-refractivity contribution in [3.8, 4) is 0 Å². The summed E-state index contributed by atoms with van der Waals surface area (Å²) in [6.45, 7) is 1.80. The number of benzene rings is 2. The second kappa shape index (κ2) is 8.53. The number of aromatic nitrogens is 1. The number of pyridine rings is 1. The number of carbonyl (C=O) groups excluding carboxylic acids is 2. The number of amidine groups is 1. The first-order valence-corrected chi connectivity index (χ1v) is 9.01. The minimum atomic E-state index is -0.411. The highest BCUT2D eigenvalue weighted by molar-refractivity contribution is 6.30. The monoisotopic (exact) mass is 407 g/mol. The molecule has 0 unspecified atom stereocenters. The highest BCUT2D eigenvalue weighted by atomic mass is 35.5. The van der Waals surface area contributed by atoms with Gasteiger partial charge < -0.3 is 16.4 Å². The summed E-state index contributed by atoms with van der Waals surface area (Å²) < 4.78 is 0. The van der Waals surface area contributed by atoms with E-state index < -0.39 is 5.91 Å². The third-order valence-corrected chi connectivity index (χ3v) is 4.41. The van der Waals surface area contributed by atoms with E-state index in [-0.39, 0.29) is 11.7 Å². The molecule has 0 saturated carbocycles. The largest absolute Gasteiger partial charge is 0.384 e. The standard InChI is InChI=1S/C21H18ClN5O2/c1-12-3-2-4-16(21(29)26-17-10-9-15(22)11-25-17)18(12)27-20(28)14-7-5-13(6-8-14)19(23)24/h2-11H,1H3,(H3,23,24)(H,27,28)(H,25,26,29). The molecule has 0 fully saturated rings. The number of nitrogen functional groups attached to an aromatic ring is 1. The van der Waals surface area contributed by atoms with Crippen molar-refractivity contribution >= 4 is 40.8 Å².